The number of ether oxygens (including phenoxy) is 1. The van der Waals surface area contributed by atoms with Gasteiger partial charge < -0.3 is 10.1 Å². The molecule has 3 nitrogen and oxygen atoms in total. The second-order valence-corrected chi connectivity index (χ2v) is 4.52. The van der Waals surface area contributed by atoms with E-state index in [1.807, 2.05) is 7.05 Å². The molecule has 1 unspecified atom stereocenters. The summed E-state index contributed by atoms with van der Waals surface area (Å²) in [5.41, 5.74) is 0.529. The maximum Gasteiger partial charge on any atom is 0.130 e. The number of benzene rings is 1. The Balaban J connectivity index is 1.96. The second-order valence-electron chi connectivity index (χ2n) is 4.52. The number of morpholine rings is 1. The summed E-state index contributed by atoms with van der Waals surface area (Å²) in [6, 6.07) is 3.73. The summed E-state index contributed by atoms with van der Waals surface area (Å²) in [5.74, 6) is -1.02. The average Bonchev–Trinajstić information content (AvgIpc) is 2.34. The summed E-state index contributed by atoms with van der Waals surface area (Å²) in [4.78, 5) is 2.13. The molecule has 1 fully saturated rings. The molecular formula is C13H18F2N2O. The van der Waals surface area contributed by atoms with Crippen molar-refractivity contribution >= 4 is 0 Å². The van der Waals surface area contributed by atoms with E-state index in [-0.39, 0.29) is 6.10 Å². The number of hydrogen-bond donors (Lipinski definition) is 1. The zero-order chi connectivity index (χ0) is 13.0. The number of rotatable bonds is 4. The number of likely N-dealkylation sites (N-methyl/N-ethyl adjacent to an activating group) is 1. The molecule has 0 aliphatic carbocycles. The van der Waals surface area contributed by atoms with E-state index in [0.29, 0.717) is 18.7 Å². The Morgan fingerprint density at radius 2 is 2.28 bits per heavy atom. The van der Waals surface area contributed by atoms with Crippen LogP contribution in [-0.2, 0) is 11.3 Å². The first-order chi connectivity index (χ1) is 8.69. The van der Waals surface area contributed by atoms with E-state index < -0.39 is 11.6 Å². The van der Waals surface area contributed by atoms with Crippen LogP contribution < -0.4 is 5.32 Å². The number of nitrogens with zero attached hydrogens (tertiary/aromatic N) is 1. The van der Waals surface area contributed by atoms with Crippen LogP contribution in [0.3, 0.4) is 0 Å². The molecule has 1 aliphatic rings. The van der Waals surface area contributed by atoms with Crippen molar-refractivity contribution in [1.82, 2.24) is 10.2 Å². The predicted octanol–water partition coefficient (Wildman–Crippen LogP) is 1.38. The zero-order valence-corrected chi connectivity index (χ0v) is 10.5. The molecule has 5 heteroatoms. The minimum Gasteiger partial charge on any atom is -0.374 e. The van der Waals surface area contributed by atoms with Crippen molar-refractivity contribution in [2.24, 2.45) is 0 Å². The monoisotopic (exact) mass is 256 g/mol. The highest BCUT2D eigenvalue weighted by Crippen LogP contribution is 2.14. The molecule has 1 saturated heterocycles. The molecule has 0 bridgehead atoms. The topological polar surface area (TPSA) is 24.5 Å². The molecule has 0 spiro atoms. The summed E-state index contributed by atoms with van der Waals surface area (Å²) in [6.07, 6.45) is 0.132. The first-order valence-electron chi connectivity index (χ1n) is 6.11. The lowest BCUT2D eigenvalue weighted by Crippen LogP contribution is -2.45. The molecule has 100 valence electrons. The van der Waals surface area contributed by atoms with Gasteiger partial charge in [0.2, 0.25) is 0 Å². The van der Waals surface area contributed by atoms with Crippen LogP contribution in [0.5, 0.6) is 0 Å². The maximum absolute atomic E-state index is 13.5. The molecule has 0 amide bonds. The SMILES string of the molecule is CNCC1CN(Cc2ccc(F)cc2F)CCO1. The van der Waals surface area contributed by atoms with Crippen LogP contribution in [0.15, 0.2) is 18.2 Å². The van der Waals surface area contributed by atoms with Crippen molar-refractivity contribution < 1.29 is 13.5 Å². The highest BCUT2D eigenvalue weighted by molar-refractivity contribution is 5.18. The van der Waals surface area contributed by atoms with Crippen molar-refractivity contribution in [1.29, 1.82) is 0 Å². The van der Waals surface area contributed by atoms with Crippen LogP contribution in [0, 0.1) is 11.6 Å². The molecular weight excluding hydrogens is 238 g/mol. The van der Waals surface area contributed by atoms with Crippen LogP contribution in [0.2, 0.25) is 0 Å². The molecule has 0 saturated carbocycles. The van der Waals surface area contributed by atoms with Gasteiger partial charge in [-0.2, -0.15) is 0 Å². The van der Waals surface area contributed by atoms with Crippen molar-refractivity contribution in [3.05, 3.63) is 35.4 Å². The largest absolute Gasteiger partial charge is 0.374 e. The van der Waals surface area contributed by atoms with Gasteiger partial charge >= 0.3 is 0 Å². The van der Waals surface area contributed by atoms with Crippen LogP contribution in [-0.4, -0.2) is 44.3 Å². The van der Waals surface area contributed by atoms with E-state index >= 15 is 0 Å². The Hall–Kier alpha value is -1.04. The maximum atomic E-state index is 13.5. The highest BCUT2D eigenvalue weighted by Gasteiger charge is 2.20. The summed E-state index contributed by atoms with van der Waals surface area (Å²) < 4.78 is 31.9. The van der Waals surface area contributed by atoms with E-state index in [2.05, 4.69) is 10.2 Å². The molecule has 1 N–H and O–H groups in total. The van der Waals surface area contributed by atoms with Crippen molar-refractivity contribution in [2.75, 3.05) is 33.3 Å². The van der Waals surface area contributed by atoms with Crippen molar-refractivity contribution in [3.8, 4) is 0 Å². The minimum atomic E-state index is -0.536. The van der Waals surface area contributed by atoms with Gasteiger partial charge in [0.1, 0.15) is 11.6 Å². The first-order valence-corrected chi connectivity index (χ1v) is 6.11. The quantitative estimate of drug-likeness (QED) is 0.881. The lowest BCUT2D eigenvalue weighted by Gasteiger charge is -2.32. The lowest BCUT2D eigenvalue weighted by atomic mass is 10.1. The van der Waals surface area contributed by atoms with Gasteiger partial charge in [-0.3, -0.25) is 4.90 Å². The van der Waals surface area contributed by atoms with E-state index in [1.165, 1.54) is 12.1 Å². The molecule has 1 atom stereocenters. The van der Waals surface area contributed by atoms with Gasteiger partial charge in [0.05, 0.1) is 12.7 Å². The summed E-state index contributed by atoms with van der Waals surface area (Å²) in [6.45, 7) is 3.46. The molecule has 1 heterocycles. The standard InChI is InChI=1S/C13H18F2N2O/c1-16-7-12-9-17(4-5-18-12)8-10-2-3-11(14)6-13(10)15/h2-3,6,12,16H,4-5,7-9H2,1H3. The van der Waals surface area contributed by atoms with Crippen LogP contribution >= 0.6 is 0 Å². The Morgan fingerprint density at radius 1 is 1.44 bits per heavy atom. The van der Waals surface area contributed by atoms with Gasteiger partial charge in [-0.15, -0.1) is 0 Å². The minimum absolute atomic E-state index is 0.132. The zero-order valence-electron chi connectivity index (χ0n) is 10.5. The Kier molecular flexibility index (Phi) is 4.63. The van der Waals surface area contributed by atoms with Gasteiger partial charge in [0.25, 0.3) is 0 Å². The predicted molar refractivity (Wildman–Crippen MR) is 65.3 cm³/mol. The molecule has 1 aromatic rings. The van der Waals surface area contributed by atoms with E-state index in [0.717, 1.165) is 25.7 Å². The van der Waals surface area contributed by atoms with Gasteiger partial charge in [0, 0.05) is 37.8 Å². The third-order valence-corrected chi connectivity index (χ3v) is 3.06. The molecule has 1 aliphatic heterocycles. The summed E-state index contributed by atoms with van der Waals surface area (Å²) in [7, 11) is 1.88. The van der Waals surface area contributed by atoms with Gasteiger partial charge in [-0.1, -0.05) is 6.07 Å². The number of hydrogen-bond acceptors (Lipinski definition) is 3. The summed E-state index contributed by atoms with van der Waals surface area (Å²) in [5, 5.41) is 3.07. The Morgan fingerprint density at radius 3 is 3.00 bits per heavy atom. The molecule has 0 aromatic heterocycles. The van der Waals surface area contributed by atoms with Gasteiger partial charge in [-0.05, 0) is 13.1 Å². The van der Waals surface area contributed by atoms with Crippen LogP contribution in [0.4, 0.5) is 8.78 Å². The van der Waals surface area contributed by atoms with Gasteiger partial charge in [-0.25, -0.2) is 8.78 Å². The lowest BCUT2D eigenvalue weighted by molar-refractivity contribution is -0.0294. The van der Waals surface area contributed by atoms with Crippen LogP contribution in [0.1, 0.15) is 5.56 Å². The van der Waals surface area contributed by atoms with Crippen LogP contribution in [0.25, 0.3) is 0 Å². The summed E-state index contributed by atoms with van der Waals surface area (Å²) >= 11 is 0. The molecule has 0 radical (unpaired) electrons. The van der Waals surface area contributed by atoms with Crippen molar-refractivity contribution in [3.63, 3.8) is 0 Å². The fourth-order valence-electron chi connectivity index (χ4n) is 2.17. The van der Waals surface area contributed by atoms with Crippen molar-refractivity contribution in [2.45, 2.75) is 12.6 Å². The fraction of sp³-hybridized carbons (Fsp3) is 0.538. The average molecular weight is 256 g/mol. The fourth-order valence-corrected chi connectivity index (χ4v) is 2.17. The normalized spacial score (nSPS) is 21.2. The highest BCUT2D eigenvalue weighted by atomic mass is 19.1. The molecule has 2 rings (SSSR count). The Labute approximate surface area is 106 Å². The van der Waals surface area contributed by atoms with E-state index in [4.69, 9.17) is 4.74 Å². The molecule has 18 heavy (non-hydrogen) atoms. The first kappa shape index (κ1) is 13.4. The Bertz CT molecular complexity index is 399. The second kappa shape index (κ2) is 6.22. The van der Waals surface area contributed by atoms with Gasteiger partial charge in [0.15, 0.2) is 0 Å². The third-order valence-electron chi connectivity index (χ3n) is 3.06. The van der Waals surface area contributed by atoms with E-state index in [1.54, 1.807) is 0 Å². The smallest absolute Gasteiger partial charge is 0.130 e. The number of nitrogens with one attached hydrogen (secondary N) is 1. The molecule has 1 aromatic carbocycles. The van der Waals surface area contributed by atoms with E-state index in [9.17, 15) is 8.78 Å². The third kappa shape index (κ3) is 3.48. The number of halogens is 2.